The molecule has 0 aliphatic carbocycles. The van der Waals surface area contributed by atoms with Crippen LogP contribution in [-0.2, 0) is 15.9 Å². The van der Waals surface area contributed by atoms with Crippen molar-refractivity contribution in [3.63, 3.8) is 0 Å². The minimum atomic E-state index is -3.88. The zero-order valence-electron chi connectivity index (χ0n) is 7.23. The molecule has 3 nitrogen and oxygen atoms in total. The summed E-state index contributed by atoms with van der Waals surface area (Å²) in [5.41, 5.74) is 0.593. The van der Waals surface area contributed by atoms with Gasteiger partial charge in [0.25, 0.3) is 10.1 Å². The van der Waals surface area contributed by atoms with Crippen LogP contribution >= 0.6 is 0 Å². The van der Waals surface area contributed by atoms with Crippen LogP contribution in [-0.4, -0.2) is 36.0 Å². The van der Waals surface area contributed by atoms with Gasteiger partial charge < -0.3 is 34.0 Å². The number of hydrogen-bond acceptors (Lipinski definition) is 2. The Morgan fingerprint density at radius 1 is 1.07 bits per heavy atom. The summed E-state index contributed by atoms with van der Waals surface area (Å²) in [5, 5.41) is 0. The predicted octanol–water partition coefficient (Wildman–Crippen LogP) is -5.30. The van der Waals surface area contributed by atoms with Crippen molar-refractivity contribution in [3.05, 3.63) is 35.9 Å². The van der Waals surface area contributed by atoms with Crippen molar-refractivity contribution >= 4 is 33.2 Å². The molecule has 0 atom stereocenters. The quantitative estimate of drug-likeness (QED) is 0.426. The van der Waals surface area contributed by atoms with Crippen LogP contribution in [0.25, 0.3) is 0 Å². The maximum Gasteiger partial charge on any atom is 2.00 e. The van der Waals surface area contributed by atoms with Crippen LogP contribution in [0.3, 0.4) is 0 Å². The molecule has 0 aliphatic heterocycles. The molecule has 7 heteroatoms. The Balaban J connectivity index is -0.000000403. The Kier molecular flexibility index (Phi) is 13.2. The van der Waals surface area contributed by atoms with Gasteiger partial charge in [-0.15, -0.1) is 0 Å². The Bertz CT molecular complexity index is 328. The maximum absolute atomic E-state index is 10.4. The smallest absolute Gasteiger partial charge is 1.00 e. The molecule has 0 bridgehead atoms. The molecule has 1 aromatic carbocycles. The van der Waals surface area contributed by atoms with Crippen molar-refractivity contribution in [2.24, 2.45) is 0 Å². The number of halogens is 2. The van der Waals surface area contributed by atoms with E-state index in [0.717, 1.165) is 0 Å². The van der Waals surface area contributed by atoms with Gasteiger partial charge in [-0.25, -0.2) is 0 Å². The summed E-state index contributed by atoms with van der Waals surface area (Å²) in [4.78, 5) is 0. The van der Waals surface area contributed by atoms with E-state index < -0.39 is 10.1 Å². The first-order valence-electron chi connectivity index (χ1n) is 3.07. The van der Waals surface area contributed by atoms with E-state index in [4.69, 9.17) is 4.55 Å². The van der Waals surface area contributed by atoms with Crippen LogP contribution in [0.5, 0.6) is 0 Å². The van der Waals surface area contributed by atoms with Crippen molar-refractivity contribution in [2.45, 2.75) is 5.75 Å². The van der Waals surface area contributed by atoms with Gasteiger partial charge >= 0.3 is 23.1 Å². The van der Waals surface area contributed by atoms with Gasteiger partial charge in [-0.3, -0.25) is 4.55 Å². The van der Waals surface area contributed by atoms with Crippen molar-refractivity contribution in [1.29, 1.82) is 0 Å². The maximum atomic E-state index is 10.4. The zero-order chi connectivity index (χ0) is 8.32. The molecule has 1 aromatic rings. The van der Waals surface area contributed by atoms with Gasteiger partial charge in [-0.2, -0.15) is 8.42 Å². The third-order valence-corrected chi connectivity index (χ3v) is 1.89. The van der Waals surface area contributed by atoms with Gasteiger partial charge in [-0.1, -0.05) is 30.3 Å². The zero-order valence-corrected chi connectivity index (χ0v) is 12.6. The fourth-order valence-corrected chi connectivity index (χ4v) is 1.40. The molecule has 0 aliphatic rings. The average molecular weight is 356 g/mol. The second-order valence-corrected chi connectivity index (χ2v) is 3.66. The molecule has 0 amide bonds. The van der Waals surface area contributed by atoms with E-state index in [1.807, 2.05) is 0 Å². The van der Waals surface area contributed by atoms with Gasteiger partial charge in [0.2, 0.25) is 0 Å². The summed E-state index contributed by atoms with van der Waals surface area (Å²) in [6, 6.07) is 8.52. The Hall–Kier alpha value is 0.856. The summed E-state index contributed by atoms with van der Waals surface area (Å²) in [6.45, 7) is 0. The van der Waals surface area contributed by atoms with Gasteiger partial charge in [0.15, 0.2) is 0 Å². The van der Waals surface area contributed by atoms with Crippen LogP contribution in [0.2, 0.25) is 0 Å². The topological polar surface area (TPSA) is 54.4 Å². The summed E-state index contributed by atoms with van der Waals surface area (Å²) >= 11 is 0. The SMILES string of the molecule is O=S(=O)(O)Cc1ccccc1.[Br-].[Br-].[Mg+2]. The molecule has 0 fully saturated rings. The van der Waals surface area contributed by atoms with E-state index in [9.17, 15) is 8.42 Å². The van der Waals surface area contributed by atoms with Crippen LogP contribution < -0.4 is 34.0 Å². The average Bonchev–Trinajstić information content (AvgIpc) is 1.85. The van der Waals surface area contributed by atoms with E-state index >= 15 is 0 Å². The number of hydrogen-bond donors (Lipinski definition) is 1. The molecule has 0 spiro atoms. The largest absolute Gasteiger partial charge is 2.00 e. The van der Waals surface area contributed by atoms with E-state index in [-0.39, 0.29) is 62.8 Å². The minimum Gasteiger partial charge on any atom is -1.00 e. The van der Waals surface area contributed by atoms with E-state index in [0.29, 0.717) is 5.56 Å². The third-order valence-electron chi connectivity index (χ3n) is 1.19. The van der Waals surface area contributed by atoms with Crippen LogP contribution in [0.15, 0.2) is 30.3 Å². The minimum absolute atomic E-state index is 0. The second kappa shape index (κ2) is 9.11. The monoisotopic (exact) mass is 354 g/mol. The van der Waals surface area contributed by atoms with Crippen molar-refractivity contribution < 1.29 is 46.9 Å². The summed E-state index contributed by atoms with van der Waals surface area (Å²) in [6.07, 6.45) is 0. The van der Waals surface area contributed by atoms with Crippen molar-refractivity contribution in [2.75, 3.05) is 0 Å². The fourth-order valence-electron chi connectivity index (χ4n) is 0.785. The molecule has 0 heterocycles. The predicted molar refractivity (Wildman–Crippen MR) is 47.4 cm³/mol. The Labute approximate surface area is 121 Å². The van der Waals surface area contributed by atoms with Gasteiger partial charge in [0, 0.05) is 0 Å². The first-order chi connectivity index (χ1) is 5.08. The molecule has 1 N–H and O–H groups in total. The van der Waals surface area contributed by atoms with E-state index in [1.54, 1.807) is 30.3 Å². The molecular formula is C7H8Br2MgO3S. The third kappa shape index (κ3) is 9.41. The molecule has 0 unspecified atom stereocenters. The first kappa shape index (κ1) is 20.3. The summed E-state index contributed by atoms with van der Waals surface area (Å²) in [7, 11) is -3.88. The van der Waals surface area contributed by atoms with Crippen LogP contribution in [0, 0.1) is 0 Å². The number of benzene rings is 1. The molecule has 0 aromatic heterocycles. The fraction of sp³-hybridized carbons (Fsp3) is 0.143. The first-order valence-corrected chi connectivity index (χ1v) is 4.68. The standard InChI is InChI=1S/C7H8O3S.2BrH.Mg/c8-11(9,10)6-7-4-2-1-3-5-7;;;/h1-5H,6H2,(H,8,9,10);2*1H;/q;;;+2/p-2. The Morgan fingerprint density at radius 3 is 1.86 bits per heavy atom. The Morgan fingerprint density at radius 2 is 1.50 bits per heavy atom. The van der Waals surface area contributed by atoms with Gasteiger partial charge in [0.05, 0.1) is 0 Å². The molecule has 0 radical (unpaired) electrons. The molecule has 14 heavy (non-hydrogen) atoms. The molecule has 0 saturated carbocycles. The molecule has 76 valence electrons. The molecule has 0 saturated heterocycles. The van der Waals surface area contributed by atoms with E-state index in [1.165, 1.54) is 0 Å². The summed E-state index contributed by atoms with van der Waals surface area (Å²) < 4.78 is 29.2. The van der Waals surface area contributed by atoms with Crippen molar-refractivity contribution in [1.82, 2.24) is 0 Å². The van der Waals surface area contributed by atoms with Crippen LogP contribution in [0.4, 0.5) is 0 Å². The molecule has 1 rings (SSSR count). The second-order valence-electron chi connectivity index (χ2n) is 2.21. The summed E-state index contributed by atoms with van der Waals surface area (Å²) in [5.74, 6) is -0.312. The van der Waals surface area contributed by atoms with Crippen molar-refractivity contribution in [3.8, 4) is 0 Å². The molecular weight excluding hydrogens is 348 g/mol. The van der Waals surface area contributed by atoms with Gasteiger partial charge in [0.1, 0.15) is 5.75 Å². The van der Waals surface area contributed by atoms with Crippen LogP contribution in [0.1, 0.15) is 5.56 Å². The van der Waals surface area contributed by atoms with Gasteiger partial charge in [-0.05, 0) is 5.56 Å². The van der Waals surface area contributed by atoms with E-state index in [2.05, 4.69) is 0 Å². The normalized spacial score (nSPS) is 8.93. The number of rotatable bonds is 2.